The van der Waals surface area contributed by atoms with Crippen molar-refractivity contribution in [1.29, 1.82) is 0 Å². The van der Waals surface area contributed by atoms with Crippen LogP contribution in [0.1, 0.15) is 31.7 Å². The second kappa shape index (κ2) is 8.53. The summed E-state index contributed by atoms with van der Waals surface area (Å²) in [6, 6.07) is 16.3. The van der Waals surface area contributed by atoms with Crippen molar-refractivity contribution >= 4 is 44.9 Å². The monoisotopic (exact) mass is 436 g/mol. The number of fused-ring (bicyclic) bond motifs is 1. The van der Waals surface area contributed by atoms with E-state index in [1.54, 1.807) is 11.3 Å². The number of rotatable bonds is 6. The van der Waals surface area contributed by atoms with Crippen LogP contribution < -0.4 is 5.32 Å². The smallest absolute Gasteiger partial charge is 0.234 e. The van der Waals surface area contributed by atoms with Gasteiger partial charge in [-0.15, -0.1) is 16.4 Å². The minimum Gasteiger partial charge on any atom is -0.325 e. The molecule has 1 aliphatic rings. The van der Waals surface area contributed by atoms with Crippen LogP contribution in [-0.4, -0.2) is 36.9 Å². The quantitative estimate of drug-likeness (QED) is 0.437. The number of amides is 1. The molecule has 1 aliphatic carbocycles. The number of anilines is 1. The van der Waals surface area contributed by atoms with Crippen molar-refractivity contribution in [3.63, 3.8) is 0 Å². The van der Waals surface area contributed by atoms with E-state index in [0.717, 1.165) is 34.6 Å². The van der Waals surface area contributed by atoms with E-state index in [-0.39, 0.29) is 11.7 Å². The van der Waals surface area contributed by atoms with Crippen molar-refractivity contribution in [1.82, 2.24) is 25.2 Å². The maximum atomic E-state index is 12.4. The molecule has 4 aromatic rings. The Hall–Kier alpha value is -2.78. The van der Waals surface area contributed by atoms with Crippen LogP contribution in [0.15, 0.2) is 53.7 Å². The van der Waals surface area contributed by atoms with E-state index in [1.807, 2.05) is 47.1 Å². The Kier molecular flexibility index (Phi) is 5.46. The molecule has 1 fully saturated rings. The van der Waals surface area contributed by atoms with Crippen LogP contribution in [0.25, 0.3) is 20.8 Å². The number of thioether (sulfide) groups is 1. The van der Waals surface area contributed by atoms with Gasteiger partial charge in [-0.1, -0.05) is 36.7 Å². The third-order valence-corrected chi connectivity index (χ3v) is 7.19. The third kappa shape index (κ3) is 4.08. The lowest BCUT2D eigenvalue weighted by molar-refractivity contribution is -0.113. The van der Waals surface area contributed by atoms with Gasteiger partial charge in [-0.05, 0) is 59.7 Å². The number of aromatic nitrogens is 5. The van der Waals surface area contributed by atoms with Crippen LogP contribution in [0.4, 0.5) is 5.69 Å². The average molecular weight is 437 g/mol. The van der Waals surface area contributed by atoms with Gasteiger partial charge in [-0.2, -0.15) is 0 Å². The van der Waals surface area contributed by atoms with Crippen molar-refractivity contribution in [2.75, 3.05) is 11.1 Å². The largest absolute Gasteiger partial charge is 0.325 e. The number of tetrazole rings is 1. The highest BCUT2D eigenvalue weighted by atomic mass is 32.2. The molecule has 9 heteroatoms. The summed E-state index contributed by atoms with van der Waals surface area (Å²) in [5, 5.41) is 16.6. The molecule has 0 saturated heterocycles. The lowest BCUT2D eigenvalue weighted by atomic mass is 10.2. The predicted molar refractivity (Wildman–Crippen MR) is 120 cm³/mol. The second-order valence-corrected chi connectivity index (χ2v) is 9.22. The summed E-state index contributed by atoms with van der Waals surface area (Å²) < 4.78 is 3.04. The zero-order chi connectivity index (χ0) is 20.3. The molecule has 0 unspecified atom stereocenters. The van der Waals surface area contributed by atoms with Gasteiger partial charge in [0, 0.05) is 11.3 Å². The molecule has 0 atom stereocenters. The van der Waals surface area contributed by atoms with E-state index < -0.39 is 0 Å². The van der Waals surface area contributed by atoms with Gasteiger partial charge >= 0.3 is 0 Å². The van der Waals surface area contributed by atoms with Crippen molar-refractivity contribution in [2.24, 2.45) is 0 Å². The molecular formula is C21H20N6OS2. The van der Waals surface area contributed by atoms with Crippen molar-refractivity contribution in [2.45, 2.75) is 36.9 Å². The van der Waals surface area contributed by atoms with Crippen molar-refractivity contribution in [3.05, 3.63) is 48.5 Å². The molecule has 7 nitrogen and oxygen atoms in total. The maximum absolute atomic E-state index is 12.4. The molecule has 0 spiro atoms. The number of nitrogens with zero attached hydrogens (tertiary/aromatic N) is 5. The molecular weight excluding hydrogens is 416 g/mol. The van der Waals surface area contributed by atoms with Crippen LogP contribution in [0, 0.1) is 0 Å². The first-order valence-electron chi connectivity index (χ1n) is 9.93. The SMILES string of the molecule is O=C(CSc1nnnn1C1CCCC1)Nc1ccc(-c2nc3ccccc3s2)cc1. The Labute approximate surface area is 181 Å². The first kappa shape index (κ1) is 19.2. The van der Waals surface area contributed by atoms with Crippen LogP contribution >= 0.6 is 23.1 Å². The topological polar surface area (TPSA) is 85.6 Å². The standard InChI is InChI=1S/C21H20N6OS2/c28-19(13-29-21-24-25-26-27(21)16-5-1-2-6-16)22-15-11-9-14(10-12-15)20-23-17-7-3-4-8-18(17)30-20/h3-4,7-12,16H,1-2,5-6,13H2,(H,22,28). The van der Waals surface area contributed by atoms with Gasteiger partial charge in [-0.25, -0.2) is 9.67 Å². The Morgan fingerprint density at radius 2 is 1.93 bits per heavy atom. The second-order valence-electron chi connectivity index (χ2n) is 7.25. The highest BCUT2D eigenvalue weighted by molar-refractivity contribution is 7.99. The summed E-state index contributed by atoms with van der Waals surface area (Å²) in [6.45, 7) is 0. The van der Waals surface area contributed by atoms with Crippen molar-refractivity contribution < 1.29 is 4.79 Å². The Morgan fingerprint density at radius 1 is 1.13 bits per heavy atom. The Balaban J connectivity index is 1.20. The highest BCUT2D eigenvalue weighted by Gasteiger charge is 2.22. The van der Waals surface area contributed by atoms with Gasteiger partial charge in [0.1, 0.15) is 5.01 Å². The van der Waals surface area contributed by atoms with Gasteiger partial charge in [0.25, 0.3) is 0 Å². The number of nitrogens with one attached hydrogen (secondary N) is 1. The fourth-order valence-electron chi connectivity index (χ4n) is 3.68. The van der Waals surface area contributed by atoms with Crippen molar-refractivity contribution in [3.8, 4) is 10.6 Å². The van der Waals surface area contributed by atoms with E-state index >= 15 is 0 Å². The van der Waals surface area contributed by atoms with Crippen LogP contribution in [0.5, 0.6) is 0 Å². The number of carbonyl (C=O) groups is 1. The van der Waals surface area contributed by atoms with E-state index in [2.05, 4.69) is 31.9 Å². The number of carbonyl (C=O) groups excluding carboxylic acids is 1. The zero-order valence-corrected chi connectivity index (χ0v) is 17.8. The summed E-state index contributed by atoms with van der Waals surface area (Å²) in [6.07, 6.45) is 4.63. The molecule has 0 radical (unpaired) electrons. The summed E-state index contributed by atoms with van der Waals surface area (Å²) in [4.78, 5) is 17.1. The molecule has 0 bridgehead atoms. The number of benzene rings is 2. The molecule has 0 aliphatic heterocycles. The average Bonchev–Trinajstić information content (AvgIpc) is 3.52. The Bertz CT molecular complexity index is 1130. The fraction of sp³-hybridized carbons (Fsp3) is 0.286. The lowest BCUT2D eigenvalue weighted by Crippen LogP contribution is -2.15. The minimum absolute atomic E-state index is 0.0753. The van der Waals surface area contributed by atoms with Gasteiger partial charge in [0.05, 0.1) is 22.0 Å². The number of para-hydroxylation sites is 1. The lowest BCUT2D eigenvalue weighted by Gasteiger charge is -2.10. The first-order chi connectivity index (χ1) is 14.8. The third-order valence-electron chi connectivity index (χ3n) is 5.18. The van der Waals surface area contributed by atoms with E-state index in [0.29, 0.717) is 11.2 Å². The van der Waals surface area contributed by atoms with Gasteiger partial charge in [0.2, 0.25) is 11.1 Å². The molecule has 5 rings (SSSR count). The van der Waals surface area contributed by atoms with Gasteiger partial charge in [-0.3, -0.25) is 4.79 Å². The minimum atomic E-state index is -0.0753. The van der Waals surface area contributed by atoms with Crippen LogP contribution in [0.3, 0.4) is 0 Å². The molecule has 1 saturated carbocycles. The molecule has 30 heavy (non-hydrogen) atoms. The molecule has 152 valence electrons. The highest BCUT2D eigenvalue weighted by Crippen LogP contribution is 2.32. The zero-order valence-electron chi connectivity index (χ0n) is 16.2. The summed E-state index contributed by atoms with van der Waals surface area (Å²) in [5.41, 5.74) is 2.81. The van der Waals surface area contributed by atoms with E-state index in [9.17, 15) is 4.79 Å². The van der Waals surface area contributed by atoms with Gasteiger partial charge in [0.15, 0.2) is 0 Å². The fourth-order valence-corrected chi connectivity index (χ4v) is 5.39. The van der Waals surface area contributed by atoms with Crippen LogP contribution in [-0.2, 0) is 4.79 Å². The van der Waals surface area contributed by atoms with E-state index in [1.165, 1.54) is 29.3 Å². The molecule has 1 amide bonds. The van der Waals surface area contributed by atoms with Gasteiger partial charge < -0.3 is 5.32 Å². The first-order valence-corrected chi connectivity index (χ1v) is 11.7. The maximum Gasteiger partial charge on any atom is 0.234 e. The summed E-state index contributed by atoms with van der Waals surface area (Å²) >= 11 is 3.04. The number of thiazole rings is 1. The van der Waals surface area contributed by atoms with E-state index in [4.69, 9.17) is 0 Å². The normalized spacial score (nSPS) is 14.4. The molecule has 2 heterocycles. The molecule has 1 N–H and O–H groups in total. The number of hydrogen-bond donors (Lipinski definition) is 1. The predicted octanol–water partition coefficient (Wildman–Crippen LogP) is 4.80. The molecule has 2 aromatic carbocycles. The summed E-state index contributed by atoms with van der Waals surface area (Å²) in [5.74, 6) is 0.195. The summed E-state index contributed by atoms with van der Waals surface area (Å²) in [7, 11) is 0. The molecule has 2 aromatic heterocycles. The van der Waals surface area contributed by atoms with Crippen LogP contribution in [0.2, 0.25) is 0 Å². The Morgan fingerprint density at radius 3 is 2.73 bits per heavy atom. The number of hydrogen-bond acceptors (Lipinski definition) is 7.